The molecule has 0 saturated carbocycles. The summed E-state index contributed by atoms with van der Waals surface area (Å²) in [5.41, 5.74) is 0.523. The molecule has 1 fully saturated rings. The average molecular weight is 252 g/mol. The molecule has 1 amide bonds. The smallest absolute Gasteiger partial charge is 0.254 e. The zero-order chi connectivity index (χ0) is 12.1. The fourth-order valence-corrected chi connectivity index (χ4v) is 2.14. The van der Waals surface area contributed by atoms with Gasteiger partial charge in [-0.1, -0.05) is 12.2 Å². The molecule has 17 heavy (non-hydrogen) atoms. The van der Waals surface area contributed by atoms with E-state index in [1.165, 1.54) is 0 Å². The van der Waals surface area contributed by atoms with E-state index < -0.39 is 0 Å². The van der Waals surface area contributed by atoms with Crippen LogP contribution in [0.2, 0.25) is 0 Å². The standard InChI is InChI=1S/C12H16N2O2S/c15-11(10-4-1-6-14-12(10)17)13-7-5-9-3-2-8-16-9/h1,4,6,9H,2-3,5,7-8H2,(H,13,15)(H,14,17). The van der Waals surface area contributed by atoms with Gasteiger partial charge < -0.3 is 15.0 Å². The normalized spacial score (nSPS) is 19.2. The van der Waals surface area contributed by atoms with Crippen molar-refractivity contribution in [3.05, 3.63) is 28.5 Å². The van der Waals surface area contributed by atoms with Crippen LogP contribution < -0.4 is 5.32 Å². The van der Waals surface area contributed by atoms with Crippen molar-refractivity contribution in [1.82, 2.24) is 10.3 Å². The van der Waals surface area contributed by atoms with E-state index in [9.17, 15) is 4.79 Å². The van der Waals surface area contributed by atoms with Gasteiger partial charge in [-0.25, -0.2) is 0 Å². The van der Waals surface area contributed by atoms with Gasteiger partial charge in [0.25, 0.3) is 5.91 Å². The van der Waals surface area contributed by atoms with Gasteiger partial charge in [0, 0.05) is 19.3 Å². The second-order valence-corrected chi connectivity index (χ2v) is 4.50. The van der Waals surface area contributed by atoms with Crippen LogP contribution in [0.3, 0.4) is 0 Å². The number of hydrogen-bond acceptors (Lipinski definition) is 3. The number of carbonyl (C=O) groups excluding carboxylic acids is 1. The van der Waals surface area contributed by atoms with Crippen LogP contribution in [0.25, 0.3) is 0 Å². The Labute approximate surface area is 105 Å². The largest absolute Gasteiger partial charge is 0.378 e. The Bertz CT molecular complexity index is 438. The lowest BCUT2D eigenvalue weighted by Crippen LogP contribution is -2.27. The highest BCUT2D eigenvalue weighted by Crippen LogP contribution is 2.14. The molecule has 2 N–H and O–H groups in total. The van der Waals surface area contributed by atoms with Gasteiger partial charge in [0.1, 0.15) is 4.64 Å². The molecule has 5 heteroatoms. The second kappa shape index (κ2) is 5.93. The van der Waals surface area contributed by atoms with E-state index in [4.69, 9.17) is 17.0 Å². The molecule has 1 aliphatic rings. The Balaban J connectivity index is 1.81. The summed E-state index contributed by atoms with van der Waals surface area (Å²) < 4.78 is 5.96. The van der Waals surface area contributed by atoms with E-state index in [1.807, 2.05) is 0 Å². The topological polar surface area (TPSA) is 54.1 Å². The van der Waals surface area contributed by atoms with Gasteiger partial charge in [-0.2, -0.15) is 0 Å². The molecule has 1 aromatic heterocycles. The molecule has 92 valence electrons. The fourth-order valence-electron chi connectivity index (χ4n) is 1.91. The number of ether oxygens (including phenoxy) is 1. The van der Waals surface area contributed by atoms with Crippen LogP contribution >= 0.6 is 12.2 Å². The highest BCUT2D eigenvalue weighted by molar-refractivity contribution is 7.71. The number of H-pyrrole nitrogens is 1. The van der Waals surface area contributed by atoms with Crippen molar-refractivity contribution in [2.24, 2.45) is 0 Å². The Hall–Kier alpha value is -1.20. The number of nitrogens with one attached hydrogen (secondary N) is 2. The molecular formula is C12H16N2O2S. The number of amides is 1. The summed E-state index contributed by atoms with van der Waals surface area (Å²) in [6.07, 6.45) is 5.12. The molecular weight excluding hydrogens is 236 g/mol. The maximum Gasteiger partial charge on any atom is 0.254 e. The van der Waals surface area contributed by atoms with Crippen molar-refractivity contribution >= 4 is 18.1 Å². The SMILES string of the molecule is O=C(NCCC1CCCO1)c1ccc[nH]c1=S. The molecule has 1 unspecified atom stereocenters. The molecule has 2 rings (SSSR count). The van der Waals surface area contributed by atoms with Crippen molar-refractivity contribution in [1.29, 1.82) is 0 Å². The first kappa shape index (κ1) is 12.3. The van der Waals surface area contributed by atoms with Gasteiger partial charge in [0.2, 0.25) is 0 Å². The molecule has 4 nitrogen and oxygen atoms in total. The highest BCUT2D eigenvalue weighted by atomic mass is 32.1. The third-order valence-electron chi connectivity index (χ3n) is 2.84. The molecule has 1 aliphatic heterocycles. The number of hydrogen-bond donors (Lipinski definition) is 2. The lowest BCUT2D eigenvalue weighted by molar-refractivity contribution is 0.0906. The number of aromatic nitrogens is 1. The number of pyridine rings is 1. The minimum Gasteiger partial charge on any atom is -0.378 e. The van der Waals surface area contributed by atoms with E-state index >= 15 is 0 Å². The maximum absolute atomic E-state index is 11.8. The quantitative estimate of drug-likeness (QED) is 0.806. The van der Waals surface area contributed by atoms with Crippen molar-refractivity contribution in [3.63, 3.8) is 0 Å². The molecule has 0 radical (unpaired) electrons. The highest BCUT2D eigenvalue weighted by Gasteiger charge is 2.15. The predicted molar refractivity (Wildman–Crippen MR) is 67.6 cm³/mol. The number of carbonyl (C=O) groups is 1. The molecule has 0 aliphatic carbocycles. The zero-order valence-corrected chi connectivity index (χ0v) is 10.4. The third-order valence-corrected chi connectivity index (χ3v) is 3.18. The maximum atomic E-state index is 11.8. The van der Waals surface area contributed by atoms with E-state index in [2.05, 4.69) is 10.3 Å². The summed E-state index contributed by atoms with van der Waals surface area (Å²) in [7, 11) is 0. The third kappa shape index (κ3) is 3.38. The first-order chi connectivity index (χ1) is 8.27. The zero-order valence-electron chi connectivity index (χ0n) is 9.57. The molecule has 0 bridgehead atoms. The molecule has 0 spiro atoms. The van der Waals surface area contributed by atoms with Crippen LogP contribution in [-0.2, 0) is 4.74 Å². The van der Waals surface area contributed by atoms with Crippen LogP contribution in [0.15, 0.2) is 18.3 Å². The predicted octanol–water partition coefficient (Wildman–Crippen LogP) is 2.04. The van der Waals surface area contributed by atoms with E-state index in [-0.39, 0.29) is 5.91 Å². The van der Waals surface area contributed by atoms with Crippen LogP contribution in [0.4, 0.5) is 0 Å². The van der Waals surface area contributed by atoms with Crippen molar-refractivity contribution in [3.8, 4) is 0 Å². The number of aromatic amines is 1. The Morgan fingerprint density at radius 1 is 1.65 bits per heavy atom. The van der Waals surface area contributed by atoms with Gasteiger partial charge in [-0.3, -0.25) is 4.79 Å². The van der Waals surface area contributed by atoms with E-state index in [1.54, 1.807) is 18.3 Å². The Morgan fingerprint density at radius 3 is 3.24 bits per heavy atom. The van der Waals surface area contributed by atoms with Gasteiger partial charge >= 0.3 is 0 Å². The minimum atomic E-state index is -0.121. The van der Waals surface area contributed by atoms with Crippen LogP contribution in [-0.4, -0.2) is 30.1 Å². The molecule has 1 saturated heterocycles. The van der Waals surface area contributed by atoms with Crippen LogP contribution in [0.1, 0.15) is 29.6 Å². The van der Waals surface area contributed by atoms with Crippen molar-refractivity contribution in [2.45, 2.75) is 25.4 Å². The molecule has 1 aromatic rings. The van der Waals surface area contributed by atoms with Crippen molar-refractivity contribution < 1.29 is 9.53 Å². The van der Waals surface area contributed by atoms with Crippen molar-refractivity contribution in [2.75, 3.05) is 13.2 Å². The lowest BCUT2D eigenvalue weighted by atomic mass is 10.2. The van der Waals surface area contributed by atoms with Gasteiger partial charge in [0.05, 0.1) is 11.7 Å². The second-order valence-electron chi connectivity index (χ2n) is 4.09. The van der Waals surface area contributed by atoms with E-state index in [0.717, 1.165) is 25.9 Å². The molecule has 1 atom stereocenters. The lowest BCUT2D eigenvalue weighted by Gasteiger charge is -2.09. The summed E-state index contributed by atoms with van der Waals surface area (Å²) >= 11 is 5.04. The monoisotopic (exact) mass is 252 g/mol. The summed E-state index contributed by atoms with van der Waals surface area (Å²) in [5.74, 6) is -0.121. The Morgan fingerprint density at radius 2 is 2.53 bits per heavy atom. The molecule has 2 heterocycles. The summed E-state index contributed by atoms with van der Waals surface area (Å²) in [4.78, 5) is 14.6. The fraction of sp³-hybridized carbons (Fsp3) is 0.500. The minimum absolute atomic E-state index is 0.121. The summed E-state index contributed by atoms with van der Waals surface area (Å²) in [5, 5.41) is 2.86. The average Bonchev–Trinajstić information content (AvgIpc) is 2.82. The first-order valence-corrected chi connectivity index (χ1v) is 6.25. The Kier molecular flexibility index (Phi) is 4.28. The summed E-state index contributed by atoms with van der Waals surface area (Å²) in [6, 6.07) is 3.49. The van der Waals surface area contributed by atoms with Gasteiger partial charge in [-0.15, -0.1) is 0 Å². The van der Waals surface area contributed by atoms with E-state index in [0.29, 0.717) is 22.9 Å². The van der Waals surface area contributed by atoms with Gasteiger partial charge in [0.15, 0.2) is 0 Å². The van der Waals surface area contributed by atoms with Crippen LogP contribution in [0.5, 0.6) is 0 Å². The molecule has 0 aromatic carbocycles. The van der Waals surface area contributed by atoms with Crippen LogP contribution in [0, 0.1) is 4.64 Å². The summed E-state index contributed by atoms with van der Waals surface area (Å²) in [6.45, 7) is 1.48. The first-order valence-electron chi connectivity index (χ1n) is 5.85. The van der Waals surface area contributed by atoms with Gasteiger partial charge in [-0.05, 0) is 31.4 Å². The number of rotatable bonds is 4.